The minimum atomic E-state index is -4.30. The monoisotopic (exact) mass is 886 g/mol. The number of allylic oxidation sites excluding steroid dienone is 16. The van der Waals surface area contributed by atoms with Crippen LogP contribution in [-0.2, 0) is 27.9 Å². The van der Waals surface area contributed by atoms with Crippen molar-refractivity contribution in [2.45, 2.75) is 200 Å². The highest BCUT2D eigenvalue weighted by molar-refractivity contribution is 7.47. The molecule has 0 amide bonds. The van der Waals surface area contributed by atoms with E-state index in [1.165, 1.54) is 89.9 Å². The number of ether oxygens (including phenoxy) is 2. The maximum Gasteiger partial charge on any atom is 0.472 e. The molecule has 62 heavy (non-hydrogen) atoms. The number of phosphoric acid groups is 1. The van der Waals surface area contributed by atoms with Gasteiger partial charge < -0.3 is 20.1 Å². The van der Waals surface area contributed by atoms with Crippen LogP contribution < -0.4 is 5.73 Å². The summed E-state index contributed by atoms with van der Waals surface area (Å²) >= 11 is 0. The van der Waals surface area contributed by atoms with Gasteiger partial charge >= 0.3 is 13.8 Å². The van der Waals surface area contributed by atoms with Crippen molar-refractivity contribution in [1.29, 1.82) is 0 Å². The van der Waals surface area contributed by atoms with E-state index >= 15 is 0 Å². The lowest BCUT2D eigenvalue weighted by Crippen LogP contribution is -2.28. The number of hydrogen-bond acceptors (Lipinski definition) is 7. The Balaban J connectivity index is 4.05. The molecule has 0 bridgehead atoms. The molecule has 2 atom stereocenters. The van der Waals surface area contributed by atoms with Crippen LogP contribution in [0.4, 0.5) is 0 Å². The first-order chi connectivity index (χ1) is 30.4. The molecule has 0 aliphatic heterocycles. The van der Waals surface area contributed by atoms with Crippen LogP contribution in [0.25, 0.3) is 0 Å². The highest BCUT2D eigenvalue weighted by atomic mass is 31.2. The van der Waals surface area contributed by atoms with Crippen molar-refractivity contribution in [3.63, 3.8) is 0 Å². The van der Waals surface area contributed by atoms with E-state index in [-0.39, 0.29) is 32.3 Å². The first-order valence-electron chi connectivity index (χ1n) is 24.7. The van der Waals surface area contributed by atoms with Gasteiger partial charge in [-0.15, -0.1) is 0 Å². The van der Waals surface area contributed by atoms with E-state index in [1.54, 1.807) is 0 Å². The topological polar surface area (TPSA) is 117 Å². The Morgan fingerprint density at radius 1 is 0.500 bits per heavy atom. The Kier molecular flexibility index (Phi) is 47.4. The summed E-state index contributed by atoms with van der Waals surface area (Å²) in [6.07, 6.45) is 65.9. The number of phosphoric ester groups is 1. The Morgan fingerprint density at radius 2 is 0.903 bits per heavy atom. The highest BCUT2D eigenvalue weighted by Gasteiger charge is 2.25. The average Bonchev–Trinajstić information content (AvgIpc) is 3.26. The molecule has 0 aliphatic carbocycles. The molecule has 3 N–H and O–H groups in total. The van der Waals surface area contributed by atoms with Crippen LogP contribution in [0.15, 0.2) is 97.2 Å². The van der Waals surface area contributed by atoms with Crippen molar-refractivity contribution in [2.75, 3.05) is 33.0 Å². The van der Waals surface area contributed by atoms with Crippen LogP contribution in [0.3, 0.4) is 0 Å². The van der Waals surface area contributed by atoms with Crippen LogP contribution in [0.2, 0.25) is 0 Å². The number of carbonyl (C=O) groups excluding carboxylic acids is 1. The van der Waals surface area contributed by atoms with Gasteiger partial charge in [-0.05, 0) is 96.3 Å². The van der Waals surface area contributed by atoms with E-state index in [0.717, 1.165) is 83.5 Å². The van der Waals surface area contributed by atoms with E-state index in [9.17, 15) is 14.3 Å². The zero-order valence-corrected chi connectivity index (χ0v) is 40.5. The molecule has 0 fully saturated rings. The molecule has 0 spiro atoms. The first kappa shape index (κ1) is 59.4. The van der Waals surface area contributed by atoms with Crippen LogP contribution >= 0.6 is 7.82 Å². The summed E-state index contributed by atoms with van der Waals surface area (Å²) in [6.45, 7) is 4.67. The second-order valence-corrected chi connectivity index (χ2v) is 17.4. The van der Waals surface area contributed by atoms with Crippen LogP contribution in [0.5, 0.6) is 0 Å². The average molecular weight is 886 g/mol. The third-order valence-corrected chi connectivity index (χ3v) is 11.0. The molecular formula is C53H92NO7P. The predicted molar refractivity (Wildman–Crippen MR) is 265 cm³/mol. The molecule has 2 unspecified atom stereocenters. The molecule has 0 aromatic rings. The molecule has 0 heterocycles. The molecule has 0 aliphatic rings. The number of esters is 1. The minimum absolute atomic E-state index is 0.0796. The summed E-state index contributed by atoms with van der Waals surface area (Å²) in [5.41, 5.74) is 5.38. The van der Waals surface area contributed by atoms with Gasteiger partial charge in [-0.3, -0.25) is 13.8 Å². The lowest BCUT2D eigenvalue weighted by molar-refractivity contribution is -0.154. The fraction of sp³-hybridized carbons (Fsp3) is 0.679. The normalized spacial score (nSPS) is 14.2. The van der Waals surface area contributed by atoms with Gasteiger partial charge in [0.25, 0.3) is 0 Å². The van der Waals surface area contributed by atoms with Crippen LogP contribution in [-0.4, -0.2) is 49.9 Å². The molecule has 0 radical (unpaired) electrons. The van der Waals surface area contributed by atoms with Gasteiger partial charge in [-0.2, -0.15) is 0 Å². The van der Waals surface area contributed by atoms with E-state index in [1.807, 2.05) is 0 Å². The number of rotatable bonds is 46. The number of unbranched alkanes of at least 4 members (excludes halogenated alkanes) is 17. The molecule has 356 valence electrons. The zero-order chi connectivity index (χ0) is 45.1. The predicted octanol–water partition coefficient (Wildman–Crippen LogP) is 15.4. The summed E-state index contributed by atoms with van der Waals surface area (Å²) in [6, 6.07) is 0. The van der Waals surface area contributed by atoms with Gasteiger partial charge in [0.2, 0.25) is 0 Å². The van der Waals surface area contributed by atoms with Crippen molar-refractivity contribution in [3.8, 4) is 0 Å². The third-order valence-electron chi connectivity index (χ3n) is 9.99. The Bertz CT molecular complexity index is 1270. The summed E-state index contributed by atoms with van der Waals surface area (Å²) in [4.78, 5) is 22.6. The number of carbonyl (C=O) groups is 1. The molecule has 0 saturated carbocycles. The standard InChI is InChI=1S/C53H92NO7P/c1-3-5-7-9-11-13-15-17-19-21-23-24-25-26-27-28-29-30-32-34-36-38-40-42-44-46-53(55)61-52(51-60-62(56,57)59-49-47-54)50-58-48-45-43-41-39-37-35-33-31-22-20-18-16-14-12-10-8-6-4-2/h6,8,12,14-15,17-18,20-21,23,25-26,31,33,37,39,52H,3-5,7,9-11,13,16,19,22,24,27-30,32,34-36,38,40-51,54H2,1-2H3,(H,56,57)/b8-6-,14-12-,17-15-,20-18-,23-21-,26-25-,33-31-,39-37-. The fourth-order valence-electron chi connectivity index (χ4n) is 6.38. The second-order valence-electron chi connectivity index (χ2n) is 15.9. The van der Waals surface area contributed by atoms with Crippen LogP contribution in [0.1, 0.15) is 194 Å². The molecule has 0 saturated heterocycles. The summed E-state index contributed by atoms with van der Waals surface area (Å²) < 4.78 is 33.5. The fourth-order valence-corrected chi connectivity index (χ4v) is 7.15. The van der Waals surface area contributed by atoms with E-state index < -0.39 is 13.9 Å². The molecule has 8 nitrogen and oxygen atoms in total. The lowest BCUT2D eigenvalue weighted by atomic mass is 10.0. The lowest BCUT2D eigenvalue weighted by Gasteiger charge is -2.20. The van der Waals surface area contributed by atoms with Crippen molar-refractivity contribution in [1.82, 2.24) is 0 Å². The van der Waals surface area contributed by atoms with E-state index in [2.05, 4.69) is 111 Å². The highest BCUT2D eigenvalue weighted by Crippen LogP contribution is 2.43. The summed E-state index contributed by atoms with van der Waals surface area (Å²) in [7, 11) is -4.30. The van der Waals surface area contributed by atoms with Gasteiger partial charge in [-0.25, -0.2) is 4.57 Å². The quantitative estimate of drug-likeness (QED) is 0.0269. The van der Waals surface area contributed by atoms with Crippen molar-refractivity contribution >= 4 is 13.8 Å². The third kappa shape index (κ3) is 48.5. The molecular weight excluding hydrogens is 794 g/mol. The van der Waals surface area contributed by atoms with Crippen molar-refractivity contribution < 1.29 is 32.8 Å². The smallest absolute Gasteiger partial charge is 0.457 e. The van der Waals surface area contributed by atoms with Crippen LogP contribution in [0, 0.1) is 0 Å². The Morgan fingerprint density at radius 3 is 1.35 bits per heavy atom. The van der Waals surface area contributed by atoms with Gasteiger partial charge in [0.1, 0.15) is 6.10 Å². The van der Waals surface area contributed by atoms with Crippen molar-refractivity contribution in [3.05, 3.63) is 97.2 Å². The maximum absolute atomic E-state index is 12.6. The van der Waals surface area contributed by atoms with Gasteiger partial charge in [0.15, 0.2) is 0 Å². The van der Waals surface area contributed by atoms with Crippen molar-refractivity contribution in [2.24, 2.45) is 5.73 Å². The maximum atomic E-state index is 12.6. The zero-order valence-electron chi connectivity index (χ0n) is 39.6. The molecule has 0 aromatic heterocycles. The summed E-state index contributed by atoms with van der Waals surface area (Å²) in [5.74, 6) is -0.353. The van der Waals surface area contributed by atoms with Gasteiger partial charge in [-0.1, -0.05) is 188 Å². The molecule has 0 aromatic carbocycles. The summed E-state index contributed by atoms with van der Waals surface area (Å²) in [5, 5.41) is 0. The van der Waals surface area contributed by atoms with E-state index in [0.29, 0.717) is 13.0 Å². The number of nitrogens with two attached hydrogens (primary N) is 1. The SMILES string of the molecule is CC/C=C\C/C=C\C/C=C\C/C=C\C/C=C\CCCCOCC(COP(=O)(O)OCCN)OC(=O)CCCCCCCCCCCC/C=C\C/C=C\C/C=C\CCCCCCC. The molecule has 0 rings (SSSR count). The number of hydrogen-bond donors (Lipinski definition) is 2. The molecule has 9 heteroatoms. The Labute approximate surface area is 380 Å². The minimum Gasteiger partial charge on any atom is -0.457 e. The largest absolute Gasteiger partial charge is 0.472 e. The second kappa shape index (κ2) is 49.4. The van der Waals surface area contributed by atoms with E-state index in [4.69, 9.17) is 24.3 Å². The Hall–Kier alpha value is -2.58. The van der Waals surface area contributed by atoms with Gasteiger partial charge in [0, 0.05) is 19.6 Å². The first-order valence-corrected chi connectivity index (χ1v) is 26.2. The van der Waals surface area contributed by atoms with Gasteiger partial charge in [0.05, 0.1) is 19.8 Å².